The van der Waals surface area contributed by atoms with Crippen molar-refractivity contribution in [3.05, 3.63) is 121 Å². The summed E-state index contributed by atoms with van der Waals surface area (Å²) in [5.41, 5.74) is 5.75. The molecule has 3 nitrogen and oxygen atoms in total. The number of ketones is 1. The zero-order valence-electron chi connectivity index (χ0n) is 24.9. The summed E-state index contributed by atoms with van der Waals surface area (Å²) in [4.78, 5) is 16.1. The molecule has 0 atom stereocenters. The predicted octanol–water partition coefficient (Wildman–Crippen LogP) is 9.83. The molecule has 43 heavy (non-hydrogen) atoms. The van der Waals surface area contributed by atoms with Crippen molar-refractivity contribution in [1.29, 1.82) is 0 Å². The quantitative estimate of drug-likeness (QED) is 0.0816. The Morgan fingerprint density at radius 3 is 2.09 bits per heavy atom. The first-order valence-corrected chi connectivity index (χ1v) is 22.1. The first-order chi connectivity index (χ1) is 20.1. The Kier molecular flexibility index (Phi) is 10.6. The van der Waals surface area contributed by atoms with Crippen molar-refractivity contribution in [3.63, 3.8) is 0 Å². The van der Waals surface area contributed by atoms with Gasteiger partial charge in [0.05, 0.1) is 5.76 Å². The molecular formula is C37H34GeIrNO2S-. The first-order valence-electron chi connectivity index (χ1n) is 14.0. The van der Waals surface area contributed by atoms with E-state index in [2.05, 4.69) is 120 Å². The maximum absolute atomic E-state index is 10.0. The zero-order chi connectivity index (χ0) is 29.9. The molecule has 6 rings (SSSR count). The Morgan fingerprint density at radius 1 is 0.860 bits per heavy atom. The van der Waals surface area contributed by atoms with Gasteiger partial charge in [-0.05, 0) is 13.8 Å². The summed E-state index contributed by atoms with van der Waals surface area (Å²) in [6, 6.07) is 38.7. The van der Waals surface area contributed by atoms with Crippen molar-refractivity contribution in [2.45, 2.75) is 31.1 Å². The van der Waals surface area contributed by atoms with Crippen LogP contribution in [0.4, 0.5) is 0 Å². The zero-order valence-corrected chi connectivity index (χ0v) is 30.2. The molecule has 2 aromatic heterocycles. The van der Waals surface area contributed by atoms with Crippen LogP contribution >= 0.6 is 11.3 Å². The van der Waals surface area contributed by atoms with E-state index in [1.807, 2.05) is 17.5 Å². The van der Waals surface area contributed by atoms with Crippen LogP contribution in [0.3, 0.4) is 0 Å². The number of aliphatic hydroxyl groups excluding tert-OH is 1. The van der Waals surface area contributed by atoms with Crippen LogP contribution in [0.1, 0.15) is 13.8 Å². The number of hydrogen-bond donors (Lipinski definition) is 1. The van der Waals surface area contributed by atoms with Crippen molar-refractivity contribution in [3.8, 4) is 32.8 Å². The normalized spacial score (nSPS) is 11.5. The third kappa shape index (κ3) is 7.79. The second kappa shape index (κ2) is 14.0. The number of thiophene rings is 1. The molecule has 0 saturated carbocycles. The van der Waals surface area contributed by atoms with Crippen molar-refractivity contribution in [2.75, 3.05) is 0 Å². The predicted molar refractivity (Wildman–Crippen MR) is 182 cm³/mol. The largest absolute Gasteiger partial charge is 0 e. The third-order valence-electron chi connectivity index (χ3n) is 6.98. The number of carbonyl (C=O) groups excluding carboxylic acids is 1. The molecule has 4 aromatic carbocycles. The molecule has 0 aliphatic heterocycles. The molecule has 6 aromatic rings. The Morgan fingerprint density at radius 2 is 1.51 bits per heavy atom. The fourth-order valence-electron chi connectivity index (χ4n) is 4.93. The molecule has 0 saturated heterocycles. The van der Waals surface area contributed by atoms with E-state index in [4.69, 9.17) is 10.1 Å². The van der Waals surface area contributed by atoms with Gasteiger partial charge in [-0.15, -0.1) is 0 Å². The minimum absolute atomic E-state index is 0. The molecule has 1 radical (unpaired) electrons. The van der Waals surface area contributed by atoms with Gasteiger partial charge in [0.1, 0.15) is 0 Å². The number of aliphatic hydroxyl groups is 1. The van der Waals surface area contributed by atoms with Crippen LogP contribution in [0.25, 0.3) is 53.7 Å². The topological polar surface area (TPSA) is 50.2 Å². The van der Waals surface area contributed by atoms with Crippen molar-refractivity contribution in [1.82, 2.24) is 4.98 Å². The van der Waals surface area contributed by atoms with Gasteiger partial charge < -0.3 is 5.11 Å². The van der Waals surface area contributed by atoms with Gasteiger partial charge in [0.25, 0.3) is 0 Å². The Bertz CT molecular complexity index is 1900. The Labute approximate surface area is 274 Å². The maximum Gasteiger partial charge on any atom is 0 e. The van der Waals surface area contributed by atoms with E-state index in [9.17, 15) is 4.79 Å². The standard InChI is InChI=1S/C32H26GeNS.C5H8O2.Ir/c1-33(2,3)27-14-15-28-24(19-27)16-17-34-31(28)25-18-26-21-30(23-12-8-5-9-13-23)35-32(26)29(20-25)22-10-6-4-7-11-22;1-4(6)3-5(2)7;/h4-17,19-21H,1-3H3;3,6H,1-2H3;/q-1;;/b;4-3-;. The van der Waals surface area contributed by atoms with Gasteiger partial charge >= 0.3 is 196 Å². The summed E-state index contributed by atoms with van der Waals surface area (Å²) in [6.45, 7) is 2.85. The molecule has 0 aliphatic rings. The molecule has 0 amide bonds. The molecule has 2 heterocycles. The monoisotopic (exact) mass is 823 g/mol. The number of aromatic nitrogens is 1. The third-order valence-corrected chi connectivity index (χ3v) is 12.5. The number of carbonyl (C=O) groups is 1. The number of fused-ring (bicyclic) bond motifs is 2. The van der Waals surface area contributed by atoms with E-state index in [0.29, 0.717) is 0 Å². The summed E-state index contributed by atoms with van der Waals surface area (Å²) in [5, 5.41) is 12.0. The fraction of sp³-hybridized carbons (Fsp3) is 0.135. The van der Waals surface area contributed by atoms with E-state index < -0.39 is 13.3 Å². The molecule has 1 N–H and O–H groups in total. The minimum atomic E-state index is -1.92. The van der Waals surface area contributed by atoms with Gasteiger partial charge in [-0.3, -0.25) is 4.79 Å². The summed E-state index contributed by atoms with van der Waals surface area (Å²) >= 11 is -0.0785. The summed E-state index contributed by atoms with van der Waals surface area (Å²) in [7, 11) is 0. The molecule has 6 heteroatoms. The number of benzene rings is 4. The van der Waals surface area contributed by atoms with E-state index >= 15 is 0 Å². The van der Waals surface area contributed by atoms with E-state index in [1.165, 1.54) is 61.4 Å². The van der Waals surface area contributed by atoms with Crippen LogP contribution < -0.4 is 4.40 Å². The van der Waals surface area contributed by atoms with Gasteiger partial charge in [0.15, 0.2) is 5.78 Å². The van der Waals surface area contributed by atoms with Crippen molar-refractivity contribution in [2.24, 2.45) is 0 Å². The first kappa shape index (κ1) is 32.6. The van der Waals surface area contributed by atoms with Gasteiger partial charge in [-0.1, -0.05) is 18.2 Å². The van der Waals surface area contributed by atoms with Gasteiger partial charge in [0, 0.05) is 26.2 Å². The average Bonchev–Trinajstić information content (AvgIpc) is 3.40. The van der Waals surface area contributed by atoms with Crippen LogP contribution in [0.5, 0.6) is 0 Å². The summed E-state index contributed by atoms with van der Waals surface area (Å²) < 4.78 is 2.78. The molecule has 0 bridgehead atoms. The SMILES string of the molecule is CC(=O)/C=C(/C)O.[CH3][Ge]([CH3])([CH3])[c]1ccc2c(-c3[c-]c4cc(-c5ccccc5)sc4c(-c4ccccc4)c3)nccc2c1.[Ir]. The molecular weight excluding hydrogens is 787 g/mol. The number of rotatable bonds is 5. The van der Waals surface area contributed by atoms with E-state index in [1.54, 1.807) is 0 Å². The van der Waals surface area contributed by atoms with Gasteiger partial charge in [-0.25, -0.2) is 0 Å². The van der Waals surface area contributed by atoms with Crippen LogP contribution in [-0.4, -0.2) is 29.1 Å². The molecule has 0 spiro atoms. The smallest absolute Gasteiger partial charge is 0 e. The molecule has 0 fully saturated rings. The van der Waals surface area contributed by atoms with Crippen LogP contribution in [0.2, 0.25) is 17.3 Å². The number of nitrogens with zero attached hydrogens (tertiary/aromatic N) is 1. The van der Waals surface area contributed by atoms with Crippen LogP contribution in [0.15, 0.2) is 115 Å². The summed E-state index contributed by atoms with van der Waals surface area (Å²) in [5.74, 6) is 7.26. The number of pyridine rings is 1. The Hall–Kier alpha value is -3.35. The minimum Gasteiger partial charge on any atom is 0 e. The van der Waals surface area contributed by atoms with E-state index in [-0.39, 0.29) is 31.6 Å². The van der Waals surface area contributed by atoms with Gasteiger partial charge in [0.2, 0.25) is 0 Å². The molecule has 219 valence electrons. The van der Waals surface area contributed by atoms with Crippen LogP contribution in [0, 0.1) is 6.07 Å². The second-order valence-electron chi connectivity index (χ2n) is 11.4. The fourth-order valence-corrected chi connectivity index (χ4v) is 8.55. The number of allylic oxidation sites excluding steroid dienone is 2. The second-order valence-corrected chi connectivity index (χ2v) is 23.1. The molecule has 0 unspecified atom stereocenters. The number of hydrogen-bond acceptors (Lipinski definition) is 4. The summed E-state index contributed by atoms with van der Waals surface area (Å²) in [6.07, 6.45) is 3.11. The average molecular weight is 822 g/mol. The maximum atomic E-state index is 10.0. The van der Waals surface area contributed by atoms with E-state index in [0.717, 1.165) is 16.6 Å². The Balaban J connectivity index is 0.000000475. The molecule has 0 aliphatic carbocycles. The van der Waals surface area contributed by atoms with Gasteiger partial charge in [-0.2, -0.15) is 0 Å². The van der Waals surface area contributed by atoms with Crippen molar-refractivity contribution >= 4 is 55.6 Å². The van der Waals surface area contributed by atoms with Crippen molar-refractivity contribution < 1.29 is 30.0 Å². The van der Waals surface area contributed by atoms with Crippen LogP contribution in [-0.2, 0) is 24.9 Å².